The number of fused-ring (bicyclic) bond motifs is 1. The van der Waals surface area contributed by atoms with E-state index in [2.05, 4.69) is 0 Å². The molecule has 0 unspecified atom stereocenters. The lowest BCUT2D eigenvalue weighted by atomic mass is 10.1. The molecule has 1 heterocycles. The molecule has 98 valence electrons. The highest BCUT2D eigenvalue weighted by Gasteiger charge is 2.12. The van der Waals surface area contributed by atoms with Gasteiger partial charge in [0.15, 0.2) is 9.84 Å². The number of sulfone groups is 1. The lowest BCUT2D eigenvalue weighted by Crippen LogP contribution is -2.00. The fraction of sp³-hybridized carbons (Fsp3) is 0.385. The monoisotopic (exact) mass is 266 g/mol. The van der Waals surface area contributed by atoms with E-state index in [1.165, 1.54) is 6.26 Å². The van der Waals surface area contributed by atoms with Crippen LogP contribution in [0.2, 0.25) is 0 Å². The Hall–Kier alpha value is -1.33. The normalized spacial score (nSPS) is 12.2. The summed E-state index contributed by atoms with van der Waals surface area (Å²) in [4.78, 5) is 0.371. The highest BCUT2D eigenvalue weighted by Crippen LogP contribution is 2.25. The van der Waals surface area contributed by atoms with Gasteiger partial charge in [0.05, 0.1) is 4.90 Å². The summed E-state index contributed by atoms with van der Waals surface area (Å²) in [5, 5.41) is 1.01. The van der Waals surface area contributed by atoms with Gasteiger partial charge in [-0.1, -0.05) is 0 Å². The summed E-state index contributed by atoms with van der Waals surface area (Å²) in [6, 6.07) is 5.28. The molecule has 0 spiro atoms. The van der Waals surface area contributed by atoms with Crippen molar-refractivity contribution in [1.82, 2.24) is 4.57 Å². The molecular weight excluding hydrogens is 248 g/mol. The third-order valence-electron chi connectivity index (χ3n) is 3.12. The van der Waals surface area contributed by atoms with Crippen molar-refractivity contribution in [2.75, 3.05) is 12.8 Å². The molecule has 0 saturated carbocycles. The van der Waals surface area contributed by atoms with Gasteiger partial charge in [0.2, 0.25) is 0 Å². The molecule has 0 amide bonds. The first kappa shape index (κ1) is 13.1. The highest BCUT2D eigenvalue weighted by molar-refractivity contribution is 7.90. The zero-order valence-electron chi connectivity index (χ0n) is 10.7. The topological polar surface area (TPSA) is 65.1 Å². The third kappa shape index (κ3) is 2.42. The van der Waals surface area contributed by atoms with Gasteiger partial charge in [0.25, 0.3) is 0 Å². The molecule has 0 aliphatic heterocycles. The van der Waals surface area contributed by atoms with Crippen LogP contribution in [0.25, 0.3) is 10.9 Å². The minimum atomic E-state index is -3.16. The number of hydrogen-bond donors (Lipinski definition) is 1. The summed E-state index contributed by atoms with van der Waals surface area (Å²) in [5.41, 5.74) is 7.73. The molecular formula is C13H18N2O2S. The molecule has 0 aliphatic rings. The quantitative estimate of drug-likeness (QED) is 0.911. The smallest absolute Gasteiger partial charge is 0.175 e. The highest BCUT2D eigenvalue weighted by atomic mass is 32.2. The van der Waals surface area contributed by atoms with E-state index in [1.54, 1.807) is 12.1 Å². The Morgan fingerprint density at radius 2 is 2.06 bits per heavy atom. The van der Waals surface area contributed by atoms with Crippen LogP contribution in [-0.4, -0.2) is 25.8 Å². The standard InChI is InChI=1S/C13H18N2O2S/c1-15-9-10(4-3-7-14)12-8-11(18(2,16)17)5-6-13(12)15/h5-6,8-9H,3-4,7,14H2,1-2H3. The van der Waals surface area contributed by atoms with Crippen LogP contribution in [0.1, 0.15) is 12.0 Å². The van der Waals surface area contributed by atoms with Crippen LogP contribution in [0.15, 0.2) is 29.3 Å². The fourth-order valence-electron chi connectivity index (χ4n) is 2.18. The molecule has 0 radical (unpaired) electrons. The number of benzene rings is 1. The number of aryl methyl sites for hydroxylation is 2. The molecule has 0 fully saturated rings. The van der Waals surface area contributed by atoms with Crippen LogP contribution < -0.4 is 5.73 Å². The second-order valence-corrected chi connectivity index (χ2v) is 6.62. The molecule has 4 nitrogen and oxygen atoms in total. The first-order valence-corrected chi connectivity index (χ1v) is 7.80. The molecule has 2 rings (SSSR count). The Morgan fingerprint density at radius 1 is 1.33 bits per heavy atom. The van der Waals surface area contributed by atoms with Gasteiger partial charge in [-0.3, -0.25) is 0 Å². The van der Waals surface area contributed by atoms with E-state index in [9.17, 15) is 8.42 Å². The van der Waals surface area contributed by atoms with Crippen LogP contribution in [0.3, 0.4) is 0 Å². The lowest BCUT2D eigenvalue weighted by Gasteiger charge is -2.01. The van der Waals surface area contributed by atoms with Crippen molar-refractivity contribution >= 4 is 20.7 Å². The van der Waals surface area contributed by atoms with Gasteiger partial charge in [-0.15, -0.1) is 0 Å². The summed E-state index contributed by atoms with van der Waals surface area (Å²) in [7, 11) is -1.19. The zero-order chi connectivity index (χ0) is 13.3. The zero-order valence-corrected chi connectivity index (χ0v) is 11.5. The van der Waals surface area contributed by atoms with Gasteiger partial charge < -0.3 is 10.3 Å². The van der Waals surface area contributed by atoms with Gasteiger partial charge in [-0.05, 0) is 43.1 Å². The molecule has 0 saturated heterocycles. The Balaban J connectivity index is 2.59. The maximum absolute atomic E-state index is 11.6. The van der Waals surface area contributed by atoms with Crippen molar-refractivity contribution in [2.45, 2.75) is 17.7 Å². The maximum Gasteiger partial charge on any atom is 0.175 e. The van der Waals surface area contributed by atoms with E-state index >= 15 is 0 Å². The summed E-state index contributed by atoms with van der Waals surface area (Å²) < 4.78 is 25.2. The Kier molecular flexibility index (Phi) is 3.45. The molecule has 18 heavy (non-hydrogen) atoms. The predicted molar refractivity (Wildman–Crippen MR) is 73.4 cm³/mol. The SMILES string of the molecule is Cn1cc(CCCN)c2cc(S(C)(=O)=O)ccc21. The first-order chi connectivity index (χ1) is 8.43. The summed E-state index contributed by atoms with van der Waals surface area (Å²) in [6.45, 7) is 0.641. The Labute approximate surface area is 107 Å². The average molecular weight is 266 g/mol. The van der Waals surface area contributed by atoms with E-state index in [4.69, 9.17) is 5.73 Å². The largest absolute Gasteiger partial charge is 0.350 e. The summed E-state index contributed by atoms with van der Waals surface area (Å²) in [6.07, 6.45) is 5.06. The average Bonchev–Trinajstić information content (AvgIpc) is 2.62. The fourth-order valence-corrected chi connectivity index (χ4v) is 2.82. The number of rotatable bonds is 4. The van der Waals surface area contributed by atoms with Gasteiger partial charge >= 0.3 is 0 Å². The van der Waals surface area contributed by atoms with E-state index in [0.29, 0.717) is 11.4 Å². The van der Waals surface area contributed by atoms with Crippen LogP contribution in [0, 0.1) is 0 Å². The van der Waals surface area contributed by atoms with E-state index in [-0.39, 0.29) is 0 Å². The number of aromatic nitrogens is 1. The van der Waals surface area contributed by atoms with Gasteiger partial charge in [-0.25, -0.2) is 8.42 Å². The van der Waals surface area contributed by atoms with Crippen molar-refractivity contribution in [3.63, 3.8) is 0 Å². The Bertz CT molecular complexity index is 672. The molecule has 1 aromatic carbocycles. The maximum atomic E-state index is 11.6. The first-order valence-electron chi connectivity index (χ1n) is 5.91. The van der Waals surface area contributed by atoms with Crippen LogP contribution in [0.5, 0.6) is 0 Å². The second-order valence-electron chi connectivity index (χ2n) is 4.61. The van der Waals surface area contributed by atoms with Crippen molar-refractivity contribution in [2.24, 2.45) is 12.8 Å². The number of hydrogen-bond acceptors (Lipinski definition) is 3. The lowest BCUT2D eigenvalue weighted by molar-refractivity contribution is 0.602. The second kappa shape index (κ2) is 4.74. The third-order valence-corrected chi connectivity index (χ3v) is 4.23. The van der Waals surface area contributed by atoms with Crippen LogP contribution >= 0.6 is 0 Å². The van der Waals surface area contributed by atoms with Gasteiger partial charge in [0, 0.05) is 30.4 Å². The molecule has 1 aromatic heterocycles. The number of nitrogens with two attached hydrogens (primary N) is 1. The summed E-state index contributed by atoms with van der Waals surface area (Å²) in [5.74, 6) is 0. The molecule has 0 aliphatic carbocycles. The van der Waals surface area contributed by atoms with Crippen molar-refractivity contribution in [3.8, 4) is 0 Å². The minimum absolute atomic E-state index is 0.371. The van der Waals surface area contributed by atoms with Gasteiger partial charge in [-0.2, -0.15) is 0 Å². The van der Waals surface area contributed by atoms with Crippen LogP contribution in [-0.2, 0) is 23.3 Å². The molecule has 0 bridgehead atoms. The van der Waals surface area contributed by atoms with Gasteiger partial charge in [0.1, 0.15) is 0 Å². The van der Waals surface area contributed by atoms with Crippen molar-refractivity contribution in [1.29, 1.82) is 0 Å². The van der Waals surface area contributed by atoms with Crippen molar-refractivity contribution < 1.29 is 8.42 Å². The predicted octanol–water partition coefficient (Wildman–Crippen LogP) is 1.47. The van der Waals surface area contributed by atoms with E-state index in [1.807, 2.05) is 23.9 Å². The van der Waals surface area contributed by atoms with E-state index < -0.39 is 9.84 Å². The number of nitrogens with zero attached hydrogens (tertiary/aromatic N) is 1. The Morgan fingerprint density at radius 3 is 2.67 bits per heavy atom. The van der Waals surface area contributed by atoms with Crippen molar-refractivity contribution in [3.05, 3.63) is 30.0 Å². The van der Waals surface area contributed by atoms with E-state index in [0.717, 1.165) is 29.3 Å². The molecule has 5 heteroatoms. The molecule has 0 atom stereocenters. The molecule has 2 aromatic rings. The van der Waals surface area contributed by atoms with Crippen LogP contribution in [0.4, 0.5) is 0 Å². The molecule has 2 N–H and O–H groups in total. The minimum Gasteiger partial charge on any atom is -0.350 e. The summed E-state index contributed by atoms with van der Waals surface area (Å²) >= 11 is 0.